The summed E-state index contributed by atoms with van der Waals surface area (Å²) in [4.78, 5) is 17.6. The topological polar surface area (TPSA) is 36.1 Å². The standard InChI is InChI=1S/C17H24N2O.H2/c1-12(14-6-7-14)16-10-15(18-17(16)13(2)20)11-19-8-4-3-5-9-19;/h10,14,18H,1,3-9,11H2,2H3;1H. The van der Waals surface area contributed by atoms with Crippen molar-refractivity contribution in [1.82, 2.24) is 9.88 Å². The van der Waals surface area contributed by atoms with Crippen LogP contribution in [0.3, 0.4) is 0 Å². The van der Waals surface area contributed by atoms with E-state index in [1.807, 2.05) is 0 Å². The minimum absolute atomic E-state index is 0. The number of likely N-dealkylation sites (tertiary alicyclic amines) is 1. The fourth-order valence-electron chi connectivity index (χ4n) is 3.14. The van der Waals surface area contributed by atoms with Crippen molar-refractivity contribution in [2.75, 3.05) is 13.1 Å². The molecule has 1 aliphatic carbocycles. The Hall–Kier alpha value is -1.35. The Balaban J connectivity index is 0.00000161. The number of aromatic amines is 1. The molecule has 1 aromatic heterocycles. The molecule has 20 heavy (non-hydrogen) atoms. The van der Waals surface area contributed by atoms with Crippen molar-refractivity contribution in [3.8, 4) is 0 Å². The van der Waals surface area contributed by atoms with Gasteiger partial charge in [0.25, 0.3) is 0 Å². The van der Waals surface area contributed by atoms with Crippen molar-refractivity contribution in [1.29, 1.82) is 0 Å². The van der Waals surface area contributed by atoms with Crippen molar-refractivity contribution in [3.63, 3.8) is 0 Å². The number of hydrogen-bond acceptors (Lipinski definition) is 2. The highest BCUT2D eigenvalue weighted by molar-refractivity contribution is 5.97. The van der Waals surface area contributed by atoms with E-state index in [0.29, 0.717) is 5.92 Å². The van der Waals surface area contributed by atoms with Crippen molar-refractivity contribution < 1.29 is 6.22 Å². The molecule has 2 heterocycles. The SMILES string of the molecule is C=C(c1cc(CN2CCCCC2)[nH]c1C(C)=O)C1CC1.[HH]. The molecular formula is C17H26N2O. The Labute approximate surface area is 122 Å². The number of allylic oxidation sites excluding steroid dienone is 1. The molecule has 3 nitrogen and oxygen atoms in total. The summed E-state index contributed by atoms with van der Waals surface area (Å²) in [7, 11) is 0. The lowest BCUT2D eigenvalue weighted by Crippen LogP contribution is -2.29. The largest absolute Gasteiger partial charge is 0.354 e. The van der Waals surface area contributed by atoms with Crippen LogP contribution < -0.4 is 0 Å². The van der Waals surface area contributed by atoms with Gasteiger partial charge in [-0.05, 0) is 56.3 Å². The van der Waals surface area contributed by atoms with Crippen molar-refractivity contribution >= 4 is 11.4 Å². The molecule has 1 aliphatic heterocycles. The van der Waals surface area contributed by atoms with Crippen LogP contribution in [0.25, 0.3) is 5.57 Å². The number of carbonyl (C=O) groups excluding carboxylic acids is 1. The first kappa shape index (κ1) is 13.6. The molecule has 3 heteroatoms. The first-order valence-corrected chi connectivity index (χ1v) is 7.79. The molecule has 2 aliphatic rings. The van der Waals surface area contributed by atoms with Gasteiger partial charge in [0.05, 0.1) is 5.69 Å². The first-order valence-electron chi connectivity index (χ1n) is 7.79. The number of rotatable bonds is 5. The highest BCUT2D eigenvalue weighted by atomic mass is 16.1. The maximum Gasteiger partial charge on any atom is 0.176 e. The zero-order valence-corrected chi connectivity index (χ0v) is 12.4. The summed E-state index contributed by atoms with van der Waals surface area (Å²) in [6.45, 7) is 9.12. The lowest BCUT2D eigenvalue weighted by molar-refractivity contribution is 0.101. The quantitative estimate of drug-likeness (QED) is 0.827. The molecule has 1 saturated heterocycles. The van der Waals surface area contributed by atoms with Gasteiger partial charge < -0.3 is 4.98 Å². The van der Waals surface area contributed by atoms with Crippen LogP contribution in [-0.4, -0.2) is 28.8 Å². The van der Waals surface area contributed by atoms with Crippen LogP contribution in [0.4, 0.5) is 0 Å². The first-order chi connectivity index (χ1) is 9.65. The van der Waals surface area contributed by atoms with Crippen LogP contribution >= 0.6 is 0 Å². The molecule has 0 unspecified atom stereocenters. The van der Waals surface area contributed by atoms with Gasteiger partial charge in [0, 0.05) is 26.2 Å². The Morgan fingerprint density at radius 3 is 2.70 bits per heavy atom. The summed E-state index contributed by atoms with van der Waals surface area (Å²) >= 11 is 0. The number of nitrogens with zero attached hydrogens (tertiary/aromatic N) is 1. The fraction of sp³-hybridized carbons (Fsp3) is 0.588. The second-order valence-electron chi connectivity index (χ2n) is 6.28. The van der Waals surface area contributed by atoms with Gasteiger partial charge in [0.2, 0.25) is 0 Å². The van der Waals surface area contributed by atoms with Gasteiger partial charge in [-0.2, -0.15) is 0 Å². The fourth-order valence-corrected chi connectivity index (χ4v) is 3.14. The smallest absolute Gasteiger partial charge is 0.176 e. The molecule has 0 radical (unpaired) electrons. The molecule has 3 rings (SSSR count). The Kier molecular flexibility index (Phi) is 3.79. The van der Waals surface area contributed by atoms with Gasteiger partial charge in [-0.15, -0.1) is 0 Å². The summed E-state index contributed by atoms with van der Waals surface area (Å²) in [6.07, 6.45) is 6.39. The van der Waals surface area contributed by atoms with E-state index in [1.54, 1.807) is 6.92 Å². The molecular weight excluding hydrogens is 248 g/mol. The van der Waals surface area contributed by atoms with E-state index in [2.05, 4.69) is 22.5 Å². The summed E-state index contributed by atoms with van der Waals surface area (Å²) in [5.74, 6) is 0.721. The van der Waals surface area contributed by atoms with Crippen LogP contribution in [0.15, 0.2) is 12.6 Å². The van der Waals surface area contributed by atoms with Gasteiger partial charge in [0.15, 0.2) is 5.78 Å². The third-order valence-corrected chi connectivity index (χ3v) is 4.48. The molecule has 0 aromatic carbocycles. The zero-order valence-electron chi connectivity index (χ0n) is 12.4. The van der Waals surface area contributed by atoms with E-state index in [-0.39, 0.29) is 7.21 Å². The number of ketones is 1. The third kappa shape index (κ3) is 2.88. The Morgan fingerprint density at radius 1 is 1.40 bits per heavy atom. The molecule has 0 amide bonds. The highest BCUT2D eigenvalue weighted by Crippen LogP contribution is 2.42. The minimum atomic E-state index is 0. The van der Waals surface area contributed by atoms with E-state index < -0.39 is 0 Å². The van der Waals surface area contributed by atoms with Crippen LogP contribution in [0.5, 0.6) is 0 Å². The molecule has 2 fully saturated rings. The maximum atomic E-state index is 11.8. The second kappa shape index (κ2) is 5.57. The Morgan fingerprint density at radius 2 is 2.10 bits per heavy atom. The number of Topliss-reactive ketones (excluding diaryl/α,β-unsaturated/α-hetero) is 1. The number of nitrogens with one attached hydrogen (secondary N) is 1. The number of piperidine rings is 1. The molecule has 1 aromatic rings. The molecule has 1 saturated carbocycles. The van der Waals surface area contributed by atoms with Gasteiger partial charge in [0.1, 0.15) is 0 Å². The van der Waals surface area contributed by atoms with Crippen LogP contribution in [0.2, 0.25) is 0 Å². The van der Waals surface area contributed by atoms with Crippen LogP contribution in [0.1, 0.15) is 62.2 Å². The predicted molar refractivity (Wildman–Crippen MR) is 83.8 cm³/mol. The highest BCUT2D eigenvalue weighted by Gasteiger charge is 2.28. The monoisotopic (exact) mass is 274 g/mol. The average molecular weight is 274 g/mol. The maximum absolute atomic E-state index is 11.8. The summed E-state index contributed by atoms with van der Waals surface area (Å²) < 4.78 is 0. The van der Waals surface area contributed by atoms with Crippen molar-refractivity contribution in [3.05, 3.63) is 29.6 Å². The third-order valence-electron chi connectivity index (χ3n) is 4.48. The second-order valence-corrected chi connectivity index (χ2v) is 6.28. The van der Waals surface area contributed by atoms with E-state index in [1.165, 1.54) is 45.2 Å². The lowest BCUT2D eigenvalue weighted by atomic mass is 10.0. The number of carbonyl (C=O) groups is 1. The molecule has 0 bridgehead atoms. The molecule has 110 valence electrons. The van der Waals surface area contributed by atoms with Gasteiger partial charge >= 0.3 is 0 Å². The molecule has 0 spiro atoms. The predicted octanol–water partition coefficient (Wildman–Crippen LogP) is 3.87. The van der Waals surface area contributed by atoms with E-state index in [0.717, 1.165) is 29.1 Å². The summed E-state index contributed by atoms with van der Waals surface area (Å²) in [6, 6.07) is 2.16. The Bertz CT molecular complexity index is 525. The number of hydrogen-bond donors (Lipinski definition) is 1. The lowest BCUT2D eigenvalue weighted by Gasteiger charge is -2.25. The van der Waals surface area contributed by atoms with E-state index >= 15 is 0 Å². The number of H-pyrrole nitrogens is 1. The minimum Gasteiger partial charge on any atom is -0.354 e. The molecule has 1 N–H and O–H groups in total. The zero-order chi connectivity index (χ0) is 14.1. The average Bonchev–Trinajstić information content (AvgIpc) is 3.20. The van der Waals surface area contributed by atoms with Crippen LogP contribution in [-0.2, 0) is 6.54 Å². The normalized spacial score (nSPS) is 20.1. The van der Waals surface area contributed by atoms with E-state index in [4.69, 9.17) is 0 Å². The van der Waals surface area contributed by atoms with Crippen LogP contribution in [0, 0.1) is 5.92 Å². The van der Waals surface area contributed by atoms with Crippen molar-refractivity contribution in [2.24, 2.45) is 5.92 Å². The van der Waals surface area contributed by atoms with E-state index in [9.17, 15) is 4.79 Å². The van der Waals surface area contributed by atoms with Gasteiger partial charge in [-0.25, -0.2) is 0 Å². The summed E-state index contributed by atoms with van der Waals surface area (Å²) in [5, 5.41) is 0. The van der Waals surface area contributed by atoms with Gasteiger partial charge in [-0.3, -0.25) is 9.69 Å². The van der Waals surface area contributed by atoms with Crippen molar-refractivity contribution in [2.45, 2.75) is 45.6 Å². The summed E-state index contributed by atoms with van der Waals surface area (Å²) in [5.41, 5.74) is 4.13. The van der Waals surface area contributed by atoms with Gasteiger partial charge in [-0.1, -0.05) is 13.0 Å². The number of aromatic nitrogens is 1. The molecule has 0 atom stereocenters.